The molecule has 0 spiro atoms. The van der Waals surface area contributed by atoms with Crippen molar-refractivity contribution in [2.24, 2.45) is 0 Å². The van der Waals surface area contributed by atoms with Gasteiger partial charge in [0.2, 0.25) is 0 Å². The van der Waals surface area contributed by atoms with Crippen molar-refractivity contribution in [2.75, 3.05) is 0 Å². The fourth-order valence-corrected chi connectivity index (χ4v) is 1860. The van der Waals surface area contributed by atoms with Crippen LogP contribution in [0.15, 0.2) is 0 Å². The predicted molar refractivity (Wildman–Crippen MR) is 1040 cm³/mol. The van der Waals surface area contributed by atoms with Crippen LogP contribution in [-0.2, 0) is 0 Å². The van der Waals surface area contributed by atoms with Crippen molar-refractivity contribution in [3.05, 3.63) is 0 Å². The molecule has 0 aromatic heterocycles. The molecule has 0 N–H and O–H groups in total. The molecule has 0 saturated carbocycles. The van der Waals surface area contributed by atoms with Crippen molar-refractivity contribution < 1.29 is 0 Å². The van der Waals surface area contributed by atoms with Gasteiger partial charge in [0.1, 0.15) is 0 Å². The summed E-state index contributed by atoms with van der Waals surface area (Å²) < 4.78 is 0. The molecule has 68 unspecified atom stereocenters. The van der Waals surface area contributed by atoms with E-state index in [1.54, 1.807) is 0 Å². The summed E-state index contributed by atoms with van der Waals surface area (Å²) in [5.74, 6) is 4.80. The minimum Gasteiger partial charge on any atom is -0.193 e. The van der Waals surface area contributed by atoms with Crippen molar-refractivity contribution in [1.82, 2.24) is 0 Å². The quantitative estimate of drug-likeness (QED) is 0.0557. The second kappa shape index (κ2) is 98.3. The summed E-state index contributed by atoms with van der Waals surface area (Å²) in [7, 11) is 237. The molecule has 0 aliphatic carbocycles. The monoisotopic (exact) mass is 3990 g/mol. The van der Waals surface area contributed by atoms with Crippen LogP contribution in [0, 0.1) is 11.1 Å². The lowest BCUT2D eigenvalue weighted by Crippen LogP contribution is -1.78. The third-order valence-electron chi connectivity index (χ3n) is 11.3. The third kappa shape index (κ3) is 62.0. The van der Waals surface area contributed by atoms with Crippen LogP contribution >= 0.6 is 988 Å². The summed E-state index contributed by atoms with van der Waals surface area (Å²) in [6, 6.07) is 0. The Labute approximate surface area is 982 Å². The molecule has 1 nitrogen and oxygen atoms in total. The third-order valence-corrected chi connectivity index (χ3v) is 897. The lowest BCUT2D eigenvalue weighted by Gasteiger charge is -2.63. The molecular formula is CH125NP124. The molecule has 754 valence electrons. The summed E-state index contributed by atoms with van der Waals surface area (Å²) in [6.07, 6.45) is 0. The maximum absolute atomic E-state index is 16.7. The summed E-state index contributed by atoms with van der Waals surface area (Å²) in [5.41, 5.74) is 0. The Morgan fingerprint density at radius 1 is 0.111 bits per heavy atom. The Morgan fingerprint density at radius 2 is 0.183 bits per heavy atom. The number of nitriles is 1. The lowest BCUT2D eigenvalue weighted by molar-refractivity contribution is 1.57. The summed E-state index contributed by atoms with van der Waals surface area (Å²) >= 11 is 0. The van der Waals surface area contributed by atoms with Gasteiger partial charge in [0, 0.05) is 41.9 Å². The Hall–Kier alpha value is 52.8. The highest BCUT2D eigenvalue weighted by Gasteiger charge is 2.69. The zero-order chi connectivity index (χ0) is 99.6. The summed E-state index contributed by atoms with van der Waals surface area (Å²) in [5, 5.41) is 16.7. The molecule has 0 aliphatic heterocycles. The maximum Gasteiger partial charge on any atom is 0.0981 e. The number of nitrogens with zero attached hydrogens (tertiary/aromatic N) is 1. The van der Waals surface area contributed by atoms with Crippen LogP contribution in [-0.4, -0.2) is 0 Å². The first-order valence-electron chi connectivity index (χ1n) is 28.7. The van der Waals surface area contributed by atoms with Crippen LogP contribution in [0.5, 0.6) is 0 Å². The van der Waals surface area contributed by atoms with Crippen molar-refractivity contribution in [1.29, 1.82) is 5.26 Å². The van der Waals surface area contributed by atoms with E-state index >= 15 is 5.26 Å². The molecule has 0 amide bonds. The van der Waals surface area contributed by atoms with E-state index in [0.29, 0.717) is 0 Å². The number of hydrogen-bond donors (Lipinski definition) is 0. The van der Waals surface area contributed by atoms with Gasteiger partial charge in [-0.2, -0.15) is 5.26 Å². The van der Waals surface area contributed by atoms with E-state index in [4.69, 9.17) is 5.81 Å². The van der Waals surface area contributed by atoms with Gasteiger partial charge in [-0.1, -0.05) is 7.96 Å². The minimum atomic E-state index is -1.44. The lowest BCUT2D eigenvalue weighted by atomic mass is 11.8. The van der Waals surface area contributed by atoms with E-state index in [2.05, 4.69) is 554 Å². The van der Waals surface area contributed by atoms with Crippen molar-refractivity contribution in [3.63, 3.8) is 0 Å². The molecular weight excluding hydrogens is 3870 g/mol. The van der Waals surface area contributed by atoms with Gasteiger partial charge in [-0.3, -0.25) is 0 Å². The van der Waals surface area contributed by atoms with E-state index in [-0.39, 0.29) is 0 Å². The van der Waals surface area contributed by atoms with Crippen LogP contribution < -0.4 is 0 Å². The number of hydrogen-bond acceptors (Lipinski definition) is 1. The van der Waals surface area contributed by atoms with Crippen LogP contribution in [0.4, 0.5) is 0 Å². The Morgan fingerprint density at radius 3 is 0.254 bits per heavy atom. The van der Waals surface area contributed by atoms with Crippen molar-refractivity contribution in [2.45, 2.75) is 0 Å². The Balaban J connectivity index is 16.4. The fourth-order valence-electron chi connectivity index (χ4n) is 7.81. The van der Waals surface area contributed by atoms with Gasteiger partial charge in [0.05, 0.1) is 13.1 Å². The molecule has 0 aromatic carbocycles. The molecule has 0 saturated heterocycles. The van der Waals surface area contributed by atoms with Gasteiger partial charge in [0.15, 0.2) is 0 Å². The second-order valence-corrected chi connectivity index (χ2v) is 535. The average Bonchev–Trinajstić information content (AvgIpc) is 0.706. The SMILES string of the molecule is N#CP(P(P(P(P(P)PP)P(P(P)P)P(P)P)P(P(P(P)P)P(P)P)P(P(P)P)P(P)P)P(P(P(P(P)P)P(P)P)P(P(P)P)P(P)P)P(P(P(P)P)P(P)P)P(P(P)P)P(P)P)P(P(P(P(P(P)P)P(P)P)P(P(P)P)P(P)P)P(P(P(P)P)P(P)P)P(P(P)P)P(P)P)P(P(P(P(P)P)P(P)P)P(P(P)P)P(P)P)P(P(P(P)P)P(P)P)P(P(P)P)P(P)P. The molecule has 0 radical (unpaired) electrons. The summed E-state index contributed by atoms with van der Waals surface area (Å²) in [6.45, 7) is -38.4. The maximum atomic E-state index is 16.7. The van der Waals surface area contributed by atoms with Gasteiger partial charge in [-0.05, 0) is 377 Å². The molecule has 0 aliphatic rings. The highest BCUT2D eigenvalue weighted by atomic mass is 33.7. The predicted octanol–water partition coefficient (Wildman–Crippen LogP) is 73.3. The number of rotatable bonds is 61. The van der Waals surface area contributed by atoms with E-state index < -0.39 is 427 Å². The van der Waals surface area contributed by atoms with Gasteiger partial charge < -0.3 is 0 Å². The van der Waals surface area contributed by atoms with Gasteiger partial charge in [-0.15, -0.1) is 554 Å². The zero-order valence-corrected chi connectivity index (χ0v) is 192. The molecule has 68 atom stereocenters. The molecule has 0 aromatic rings. The largest absolute Gasteiger partial charge is 0.193 e. The molecule has 125 heteroatoms. The normalized spacial score (nSPS) is 15.8. The summed E-state index contributed by atoms with van der Waals surface area (Å²) in [4.78, 5) is 0. The van der Waals surface area contributed by atoms with Gasteiger partial charge in [-0.25, -0.2) is 0 Å². The first-order chi connectivity index (χ1) is 57.4. The molecule has 0 fully saturated rings. The van der Waals surface area contributed by atoms with Crippen LogP contribution in [0.3, 0.4) is 0 Å². The second-order valence-electron chi connectivity index (χ2n) is 20.0. The molecule has 126 heavy (non-hydrogen) atoms. The van der Waals surface area contributed by atoms with E-state index in [9.17, 15) is 0 Å². The Kier molecular flexibility index (Phi) is 139. The van der Waals surface area contributed by atoms with Crippen LogP contribution in [0.2, 0.25) is 0 Å². The standard InChI is InChI=1S/CH125NP124/c2-1-66(98(116(115(97(64)65-3)100(67(4)5)68(6)7)120(101(69(8)9)70(10)11)102(71(12)13)72(14)15)117(121(103(73(16)17)74(18)19)104(75(20)21)76(22)23)122(105(77(24)25)78(26)27)106(79(28)29)80(30)31)99(118(123(107(81(32)33)82(34)35)108(83(36)37)84(38)39)124(109(85(40)41)86(42)43)110(87(44)45)88(46)47)119(125(111(89(48)49)90(50)51)112(91(52)53)92(54)55)126(113(93(56)57)94(58)59)114(95(60)61)96(62)63/h65H,3-64H2. The first-order valence-corrected chi connectivity index (χ1v) is 255. The van der Waals surface area contributed by atoms with Crippen molar-refractivity contribution >= 4 is 988 Å². The minimum absolute atomic E-state index is 0.556. The average molecular weight is 3990 g/mol. The molecule has 0 bridgehead atoms. The Bertz CT molecular complexity index is 2340. The van der Waals surface area contributed by atoms with Crippen molar-refractivity contribution in [3.8, 4) is 5.81 Å². The van der Waals surface area contributed by atoms with E-state index in [1.165, 1.54) is 0 Å². The zero-order valence-electron chi connectivity index (χ0n) is 64.5. The first kappa shape index (κ1) is 179. The smallest absolute Gasteiger partial charge is 0.0981 e. The molecule has 0 rings (SSSR count). The highest BCUT2D eigenvalue weighted by molar-refractivity contribution is 9.61. The molecule has 0 heterocycles. The van der Waals surface area contributed by atoms with Crippen LogP contribution in [0.25, 0.3) is 0 Å². The van der Waals surface area contributed by atoms with Gasteiger partial charge in [0.25, 0.3) is 0 Å². The highest BCUT2D eigenvalue weighted by Crippen LogP contribution is 3.55. The topological polar surface area (TPSA) is 23.8 Å². The fraction of sp³-hybridized carbons (Fsp3) is 0. The van der Waals surface area contributed by atoms with E-state index in [0.717, 1.165) is 7.96 Å². The van der Waals surface area contributed by atoms with Gasteiger partial charge >= 0.3 is 0 Å². The van der Waals surface area contributed by atoms with E-state index in [1.807, 2.05) is 0 Å². The van der Waals surface area contributed by atoms with Crippen LogP contribution in [0.1, 0.15) is 0 Å².